The second kappa shape index (κ2) is 6.81. The predicted molar refractivity (Wildman–Crippen MR) is 80.7 cm³/mol. The van der Waals surface area contributed by atoms with E-state index < -0.39 is 23.9 Å². The molecule has 0 radical (unpaired) electrons. The number of alkyl halides is 3. The Morgan fingerprint density at radius 1 is 1.19 bits per heavy atom. The van der Waals surface area contributed by atoms with E-state index in [-0.39, 0.29) is 23.0 Å². The standard InChI is InChI=1S/C17H13F4NO4/c1-24-16(23)11-8-22-13(9-2-3-9)7-15(11)25-10-4-5-14(12(18)6-10)26-17(19,20)21/h4-9H,2-3H2,1H3. The van der Waals surface area contributed by atoms with E-state index in [4.69, 9.17) is 4.74 Å². The number of hydrogen-bond donors (Lipinski definition) is 0. The highest BCUT2D eigenvalue weighted by molar-refractivity contribution is 5.92. The Morgan fingerprint density at radius 3 is 2.50 bits per heavy atom. The summed E-state index contributed by atoms with van der Waals surface area (Å²) in [4.78, 5) is 16.0. The van der Waals surface area contributed by atoms with E-state index in [1.165, 1.54) is 13.3 Å². The van der Waals surface area contributed by atoms with Crippen LogP contribution in [-0.2, 0) is 4.74 Å². The van der Waals surface area contributed by atoms with Crippen molar-refractivity contribution in [3.05, 3.63) is 47.5 Å². The van der Waals surface area contributed by atoms with Crippen molar-refractivity contribution in [2.24, 2.45) is 0 Å². The van der Waals surface area contributed by atoms with E-state index in [0.29, 0.717) is 5.69 Å². The molecule has 0 amide bonds. The van der Waals surface area contributed by atoms with Gasteiger partial charge in [-0.25, -0.2) is 9.18 Å². The van der Waals surface area contributed by atoms with Gasteiger partial charge in [0.25, 0.3) is 0 Å². The van der Waals surface area contributed by atoms with Crippen molar-refractivity contribution in [3.8, 4) is 17.2 Å². The van der Waals surface area contributed by atoms with Crippen molar-refractivity contribution in [2.45, 2.75) is 25.1 Å². The summed E-state index contributed by atoms with van der Waals surface area (Å²) in [5.74, 6) is -2.69. The number of hydrogen-bond acceptors (Lipinski definition) is 5. The minimum absolute atomic E-state index is 0.0212. The number of nitrogens with zero attached hydrogens (tertiary/aromatic N) is 1. The van der Waals surface area contributed by atoms with Crippen LogP contribution in [0.25, 0.3) is 0 Å². The lowest BCUT2D eigenvalue weighted by Gasteiger charge is -2.13. The van der Waals surface area contributed by atoms with Gasteiger partial charge in [0.05, 0.1) is 7.11 Å². The normalized spacial score (nSPS) is 14.0. The molecule has 0 N–H and O–H groups in total. The van der Waals surface area contributed by atoms with E-state index in [9.17, 15) is 22.4 Å². The molecular formula is C17H13F4NO4. The summed E-state index contributed by atoms with van der Waals surface area (Å²) in [6.07, 6.45) is -1.79. The number of esters is 1. The molecule has 0 unspecified atom stereocenters. The summed E-state index contributed by atoms with van der Waals surface area (Å²) in [6, 6.07) is 4.17. The van der Waals surface area contributed by atoms with Crippen LogP contribution in [0, 0.1) is 5.82 Å². The van der Waals surface area contributed by atoms with Crippen molar-refractivity contribution >= 4 is 5.97 Å². The molecule has 1 heterocycles. The zero-order valence-electron chi connectivity index (χ0n) is 13.5. The maximum Gasteiger partial charge on any atom is 0.573 e. The SMILES string of the molecule is COC(=O)c1cnc(C2CC2)cc1Oc1ccc(OC(F)(F)F)c(F)c1. The molecule has 26 heavy (non-hydrogen) atoms. The summed E-state index contributed by atoms with van der Waals surface area (Å²) in [5.41, 5.74) is 0.734. The Morgan fingerprint density at radius 2 is 1.92 bits per heavy atom. The van der Waals surface area contributed by atoms with Gasteiger partial charge in [0.1, 0.15) is 17.1 Å². The number of pyridine rings is 1. The largest absolute Gasteiger partial charge is 0.573 e. The van der Waals surface area contributed by atoms with Crippen LogP contribution in [0.4, 0.5) is 17.6 Å². The molecule has 1 aromatic carbocycles. The van der Waals surface area contributed by atoms with Crippen LogP contribution in [0.3, 0.4) is 0 Å². The van der Waals surface area contributed by atoms with Gasteiger partial charge in [0, 0.05) is 29.9 Å². The number of rotatable bonds is 5. The highest BCUT2D eigenvalue weighted by Gasteiger charge is 2.32. The number of aromatic nitrogens is 1. The molecule has 2 aromatic rings. The monoisotopic (exact) mass is 371 g/mol. The fourth-order valence-electron chi connectivity index (χ4n) is 2.28. The maximum absolute atomic E-state index is 13.8. The number of methoxy groups -OCH3 is 1. The lowest BCUT2D eigenvalue weighted by Crippen LogP contribution is -2.17. The first-order chi connectivity index (χ1) is 12.3. The van der Waals surface area contributed by atoms with Crippen LogP contribution >= 0.6 is 0 Å². The average Bonchev–Trinajstić information content (AvgIpc) is 3.40. The fraction of sp³-hybridized carbons (Fsp3) is 0.294. The highest BCUT2D eigenvalue weighted by Crippen LogP contribution is 2.41. The molecule has 0 spiro atoms. The van der Waals surface area contributed by atoms with Gasteiger partial charge in [-0.05, 0) is 25.0 Å². The van der Waals surface area contributed by atoms with E-state index >= 15 is 0 Å². The third-order valence-corrected chi connectivity index (χ3v) is 3.64. The summed E-state index contributed by atoms with van der Waals surface area (Å²) < 4.78 is 64.1. The van der Waals surface area contributed by atoms with Crippen molar-refractivity contribution < 1.29 is 36.6 Å². The number of halogens is 4. The van der Waals surface area contributed by atoms with E-state index in [0.717, 1.165) is 31.0 Å². The molecule has 0 aliphatic heterocycles. The number of carbonyl (C=O) groups excluding carboxylic acids is 1. The molecule has 1 aromatic heterocycles. The van der Waals surface area contributed by atoms with E-state index in [1.54, 1.807) is 6.07 Å². The van der Waals surface area contributed by atoms with Gasteiger partial charge in [0.15, 0.2) is 11.6 Å². The van der Waals surface area contributed by atoms with Crippen molar-refractivity contribution in [1.82, 2.24) is 4.98 Å². The summed E-state index contributed by atoms with van der Waals surface area (Å²) in [6.45, 7) is 0. The van der Waals surface area contributed by atoms with Gasteiger partial charge in [-0.1, -0.05) is 0 Å². The van der Waals surface area contributed by atoms with Gasteiger partial charge < -0.3 is 14.2 Å². The van der Waals surface area contributed by atoms with Gasteiger partial charge in [-0.3, -0.25) is 4.98 Å². The molecule has 0 bridgehead atoms. The van der Waals surface area contributed by atoms with Crippen molar-refractivity contribution in [1.29, 1.82) is 0 Å². The van der Waals surface area contributed by atoms with E-state index in [1.807, 2.05) is 0 Å². The van der Waals surface area contributed by atoms with Crippen LogP contribution in [0.15, 0.2) is 30.5 Å². The highest BCUT2D eigenvalue weighted by atomic mass is 19.4. The molecule has 0 atom stereocenters. The average molecular weight is 371 g/mol. The zero-order valence-corrected chi connectivity index (χ0v) is 13.5. The first-order valence-corrected chi connectivity index (χ1v) is 7.58. The molecule has 1 aliphatic carbocycles. The molecule has 9 heteroatoms. The summed E-state index contributed by atoms with van der Waals surface area (Å²) >= 11 is 0. The summed E-state index contributed by atoms with van der Waals surface area (Å²) in [7, 11) is 1.18. The molecule has 1 saturated carbocycles. The van der Waals surface area contributed by atoms with Crippen LogP contribution in [0.1, 0.15) is 34.8 Å². The Hall–Kier alpha value is -2.84. The maximum atomic E-state index is 13.8. The number of benzene rings is 1. The third kappa shape index (κ3) is 4.22. The fourth-order valence-corrected chi connectivity index (χ4v) is 2.28. The molecule has 0 saturated heterocycles. The molecule has 1 fully saturated rings. The minimum atomic E-state index is -5.01. The Labute approximate surface area is 145 Å². The van der Waals surface area contributed by atoms with Crippen LogP contribution in [0.5, 0.6) is 17.2 Å². The van der Waals surface area contributed by atoms with Gasteiger partial charge in [-0.2, -0.15) is 0 Å². The van der Waals surface area contributed by atoms with Crippen molar-refractivity contribution in [3.63, 3.8) is 0 Å². The second-order valence-electron chi connectivity index (χ2n) is 5.61. The lowest BCUT2D eigenvalue weighted by atomic mass is 10.2. The topological polar surface area (TPSA) is 57.7 Å². The Balaban J connectivity index is 1.88. The molecule has 1 aliphatic rings. The molecule has 5 nitrogen and oxygen atoms in total. The van der Waals surface area contributed by atoms with Crippen LogP contribution < -0.4 is 9.47 Å². The number of carbonyl (C=O) groups is 1. The van der Waals surface area contributed by atoms with Gasteiger partial charge in [-0.15, -0.1) is 13.2 Å². The molecule has 138 valence electrons. The number of ether oxygens (including phenoxy) is 3. The van der Waals surface area contributed by atoms with Gasteiger partial charge in [0.2, 0.25) is 0 Å². The predicted octanol–water partition coefficient (Wildman–Crippen LogP) is 4.58. The lowest BCUT2D eigenvalue weighted by molar-refractivity contribution is -0.275. The first kappa shape index (κ1) is 18.0. The minimum Gasteiger partial charge on any atom is -0.465 e. The smallest absolute Gasteiger partial charge is 0.465 e. The molecule has 3 rings (SSSR count). The second-order valence-corrected chi connectivity index (χ2v) is 5.61. The van der Waals surface area contributed by atoms with E-state index in [2.05, 4.69) is 14.5 Å². The van der Waals surface area contributed by atoms with Crippen LogP contribution in [-0.4, -0.2) is 24.4 Å². The van der Waals surface area contributed by atoms with Crippen molar-refractivity contribution in [2.75, 3.05) is 7.11 Å². The molecular weight excluding hydrogens is 358 g/mol. The van der Waals surface area contributed by atoms with Crippen LogP contribution in [0.2, 0.25) is 0 Å². The quantitative estimate of drug-likeness (QED) is 0.569. The Bertz CT molecular complexity index is 834. The first-order valence-electron chi connectivity index (χ1n) is 7.58. The van der Waals surface area contributed by atoms with Gasteiger partial charge >= 0.3 is 12.3 Å². The zero-order chi connectivity index (χ0) is 18.9. The third-order valence-electron chi connectivity index (χ3n) is 3.64. The Kier molecular flexibility index (Phi) is 4.71. The summed E-state index contributed by atoms with van der Waals surface area (Å²) in [5, 5.41) is 0.